The Hall–Kier alpha value is -7.50. The van der Waals surface area contributed by atoms with E-state index in [9.17, 15) is 0 Å². The minimum atomic E-state index is -0.603. The molecule has 0 saturated heterocycles. The van der Waals surface area contributed by atoms with Crippen LogP contribution < -0.4 is 0 Å². The molecule has 1 unspecified atom stereocenters. The van der Waals surface area contributed by atoms with Crippen LogP contribution in [0.25, 0.3) is 73.2 Å². The van der Waals surface area contributed by atoms with Crippen molar-refractivity contribution in [2.45, 2.75) is 18.3 Å². The second-order valence-corrected chi connectivity index (χ2v) is 14.8. The molecule has 2 aromatic heterocycles. The highest BCUT2D eigenvalue weighted by molar-refractivity contribution is 5.96. The van der Waals surface area contributed by atoms with Gasteiger partial charge in [0, 0.05) is 22.3 Å². The van der Waals surface area contributed by atoms with E-state index in [0.29, 0.717) is 23.4 Å². The molecule has 0 radical (unpaired) electrons. The first kappa shape index (κ1) is 33.8. The smallest absolute Gasteiger partial charge is 0.227 e. The third-order valence-electron chi connectivity index (χ3n) is 11.5. The van der Waals surface area contributed by atoms with Crippen molar-refractivity contribution in [2.75, 3.05) is 0 Å². The molecule has 1 atom stereocenters. The number of rotatable bonds is 7. The van der Waals surface area contributed by atoms with Crippen molar-refractivity contribution in [3.8, 4) is 56.5 Å². The summed E-state index contributed by atoms with van der Waals surface area (Å²) in [6.07, 6.45) is 8.52. The van der Waals surface area contributed by atoms with Crippen molar-refractivity contribution in [1.82, 2.24) is 19.9 Å². The molecule has 5 nitrogen and oxygen atoms in total. The zero-order valence-electron chi connectivity index (χ0n) is 31.6. The van der Waals surface area contributed by atoms with E-state index in [1.807, 2.05) is 60.7 Å². The second kappa shape index (κ2) is 13.9. The summed E-state index contributed by atoms with van der Waals surface area (Å²) in [5.41, 5.74) is 14.4. The molecule has 7 aromatic carbocycles. The Labute approximate surface area is 336 Å². The topological polar surface area (TPSA) is 64.7 Å². The van der Waals surface area contributed by atoms with Crippen LogP contribution >= 0.6 is 0 Å². The van der Waals surface area contributed by atoms with Gasteiger partial charge in [-0.1, -0.05) is 170 Å². The standard InChI is InChI=1S/C53H36N4O/c1-5-16-36(17-6-1)49-55-50(37-18-7-2-8-19-37)57-51(56-49)38-30-28-35(29-31-38)42-25-15-27-45-48(42)43-24-13-14-26-44(43)53(45,40-22-11-4-12-23-40)41-32-33-46-47(34-41)58-52(54-46)39-20-9-3-10-21-39/h1,3-7,9-34H,2,8H2. The van der Waals surface area contributed by atoms with E-state index in [-0.39, 0.29) is 0 Å². The molecule has 0 bridgehead atoms. The van der Waals surface area contributed by atoms with E-state index in [2.05, 4.69) is 133 Å². The SMILES string of the molecule is C1=CC(c2nc(-c3ccccc3)nc(-c3ccc(-c4cccc5c4-c4ccccc4C5(c4ccccc4)c4ccc5nc(-c6ccccc6)oc5c4)cc3)n2)=CCC1. The maximum absolute atomic E-state index is 6.49. The lowest BCUT2D eigenvalue weighted by atomic mass is 9.67. The first-order chi connectivity index (χ1) is 28.7. The maximum atomic E-state index is 6.49. The van der Waals surface area contributed by atoms with Crippen molar-refractivity contribution in [3.05, 3.63) is 222 Å². The Bertz CT molecular complexity index is 3040. The largest absolute Gasteiger partial charge is 0.436 e. The zero-order valence-corrected chi connectivity index (χ0v) is 31.6. The summed E-state index contributed by atoms with van der Waals surface area (Å²) >= 11 is 0. The van der Waals surface area contributed by atoms with E-state index in [1.54, 1.807) is 0 Å². The van der Waals surface area contributed by atoms with E-state index in [1.165, 1.54) is 33.4 Å². The van der Waals surface area contributed by atoms with Gasteiger partial charge in [0.1, 0.15) is 5.52 Å². The fourth-order valence-corrected chi connectivity index (χ4v) is 8.84. The lowest BCUT2D eigenvalue weighted by Gasteiger charge is -2.33. The van der Waals surface area contributed by atoms with Crippen LogP contribution in [0.1, 0.15) is 40.9 Å². The van der Waals surface area contributed by atoms with Gasteiger partial charge in [-0.2, -0.15) is 0 Å². The Balaban J connectivity index is 1.06. The predicted molar refractivity (Wildman–Crippen MR) is 233 cm³/mol. The molecule has 5 heteroatoms. The molecular formula is C53H36N4O. The molecule has 0 saturated carbocycles. The summed E-state index contributed by atoms with van der Waals surface area (Å²) in [6, 6.07) is 61.9. The highest BCUT2D eigenvalue weighted by Gasteiger charge is 2.47. The Morgan fingerprint density at radius 1 is 0.448 bits per heavy atom. The number of fused-ring (bicyclic) bond motifs is 4. The van der Waals surface area contributed by atoms with Gasteiger partial charge in [-0.05, 0) is 81.6 Å². The summed E-state index contributed by atoms with van der Waals surface area (Å²) in [6.45, 7) is 0. The third kappa shape index (κ3) is 5.54. The average Bonchev–Trinajstić information content (AvgIpc) is 3.88. The molecule has 11 rings (SSSR count). The normalized spacial score (nSPS) is 15.6. The Kier molecular flexibility index (Phi) is 8.11. The van der Waals surface area contributed by atoms with Gasteiger partial charge >= 0.3 is 0 Å². The minimum Gasteiger partial charge on any atom is -0.436 e. The number of oxazole rings is 1. The van der Waals surface area contributed by atoms with Crippen molar-refractivity contribution >= 4 is 16.7 Å². The van der Waals surface area contributed by atoms with Crippen LogP contribution in [0.4, 0.5) is 0 Å². The first-order valence-electron chi connectivity index (χ1n) is 19.8. The van der Waals surface area contributed by atoms with Crippen LogP contribution in [-0.2, 0) is 5.41 Å². The highest BCUT2D eigenvalue weighted by Crippen LogP contribution is 2.58. The van der Waals surface area contributed by atoms with E-state index in [4.69, 9.17) is 24.4 Å². The Morgan fingerprint density at radius 2 is 1.07 bits per heavy atom. The van der Waals surface area contributed by atoms with Gasteiger partial charge in [0.05, 0.1) is 5.41 Å². The summed E-state index contributed by atoms with van der Waals surface area (Å²) < 4.78 is 6.49. The van der Waals surface area contributed by atoms with Gasteiger partial charge in [-0.25, -0.2) is 19.9 Å². The number of aromatic nitrogens is 4. The molecular weight excluding hydrogens is 709 g/mol. The van der Waals surface area contributed by atoms with Crippen LogP contribution in [0, 0.1) is 0 Å². The van der Waals surface area contributed by atoms with Gasteiger partial charge < -0.3 is 4.42 Å². The summed E-state index contributed by atoms with van der Waals surface area (Å²) in [5.74, 6) is 2.63. The predicted octanol–water partition coefficient (Wildman–Crippen LogP) is 12.8. The van der Waals surface area contributed by atoms with Gasteiger partial charge in [-0.3, -0.25) is 0 Å². The van der Waals surface area contributed by atoms with Gasteiger partial charge in [0.2, 0.25) is 5.89 Å². The molecule has 0 N–H and O–H groups in total. The number of hydrogen-bond donors (Lipinski definition) is 0. The quantitative estimate of drug-likeness (QED) is 0.163. The van der Waals surface area contributed by atoms with Crippen LogP contribution in [0.5, 0.6) is 0 Å². The van der Waals surface area contributed by atoms with E-state index < -0.39 is 5.41 Å². The average molecular weight is 745 g/mol. The number of hydrogen-bond acceptors (Lipinski definition) is 5. The monoisotopic (exact) mass is 744 g/mol. The molecule has 2 aliphatic rings. The second-order valence-electron chi connectivity index (χ2n) is 14.8. The van der Waals surface area contributed by atoms with Gasteiger partial charge in [0.25, 0.3) is 0 Å². The summed E-state index contributed by atoms with van der Waals surface area (Å²) in [7, 11) is 0. The highest BCUT2D eigenvalue weighted by atomic mass is 16.3. The van der Waals surface area contributed by atoms with Crippen molar-refractivity contribution in [2.24, 2.45) is 0 Å². The fourth-order valence-electron chi connectivity index (χ4n) is 8.84. The van der Waals surface area contributed by atoms with Crippen LogP contribution in [0.15, 0.2) is 199 Å². The van der Waals surface area contributed by atoms with Gasteiger partial charge in [0.15, 0.2) is 23.1 Å². The lowest BCUT2D eigenvalue weighted by Crippen LogP contribution is -2.28. The molecule has 9 aromatic rings. The number of allylic oxidation sites excluding steroid dienone is 4. The lowest BCUT2D eigenvalue weighted by molar-refractivity contribution is 0.618. The third-order valence-corrected chi connectivity index (χ3v) is 11.5. The molecule has 0 fully saturated rings. The first-order valence-corrected chi connectivity index (χ1v) is 19.8. The maximum Gasteiger partial charge on any atom is 0.227 e. The molecule has 0 amide bonds. The summed E-state index contributed by atoms with van der Waals surface area (Å²) in [4.78, 5) is 19.8. The van der Waals surface area contributed by atoms with Crippen molar-refractivity contribution in [3.63, 3.8) is 0 Å². The minimum absolute atomic E-state index is 0.603. The van der Waals surface area contributed by atoms with Crippen molar-refractivity contribution in [1.29, 1.82) is 0 Å². The molecule has 2 heterocycles. The molecule has 0 aliphatic heterocycles. The van der Waals surface area contributed by atoms with E-state index >= 15 is 0 Å². The molecule has 0 spiro atoms. The number of benzene rings is 7. The van der Waals surface area contributed by atoms with Crippen LogP contribution in [0.2, 0.25) is 0 Å². The van der Waals surface area contributed by atoms with Crippen molar-refractivity contribution < 1.29 is 4.42 Å². The van der Waals surface area contributed by atoms with Crippen LogP contribution in [-0.4, -0.2) is 19.9 Å². The zero-order chi connectivity index (χ0) is 38.5. The molecule has 2 aliphatic carbocycles. The number of nitrogens with zero attached hydrogens (tertiary/aromatic N) is 4. The molecule has 58 heavy (non-hydrogen) atoms. The van der Waals surface area contributed by atoms with E-state index in [0.717, 1.165) is 57.3 Å². The fraction of sp³-hybridized carbons (Fsp3) is 0.0566. The molecule has 274 valence electrons. The summed E-state index contributed by atoms with van der Waals surface area (Å²) in [5, 5.41) is 0. The van der Waals surface area contributed by atoms with Crippen LogP contribution in [0.3, 0.4) is 0 Å². The Morgan fingerprint density at radius 3 is 1.81 bits per heavy atom. The van der Waals surface area contributed by atoms with Gasteiger partial charge in [-0.15, -0.1) is 0 Å².